The van der Waals surface area contributed by atoms with Gasteiger partial charge < -0.3 is 19.9 Å². The van der Waals surface area contributed by atoms with Gasteiger partial charge in [-0.2, -0.15) is 0 Å². The van der Waals surface area contributed by atoms with Crippen molar-refractivity contribution in [3.05, 3.63) is 46.4 Å². The Morgan fingerprint density at radius 2 is 2.00 bits per heavy atom. The molecule has 0 saturated carbocycles. The van der Waals surface area contributed by atoms with E-state index in [9.17, 15) is 9.59 Å². The molecule has 7 heteroatoms. The summed E-state index contributed by atoms with van der Waals surface area (Å²) in [6.45, 7) is 8.59. The quantitative estimate of drug-likeness (QED) is 0.800. The average molecular weight is 356 g/mol. The first kappa shape index (κ1) is 18.1. The van der Waals surface area contributed by atoms with Crippen LogP contribution in [-0.4, -0.2) is 48.0 Å². The zero-order valence-corrected chi connectivity index (χ0v) is 15.4. The Bertz CT molecular complexity index is 805. The first-order chi connectivity index (χ1) is 12.5. The summed E-state index contributed by atoms with van der Waals surface area (Å²) in [5.41, 5.74) is 3.35. The molecule has 0 unspecified atom stereocenters. The normalized spacial score (nSPS) is 14.3. The number of nitrogens with one attached hydrogen (secondary N) is 2. The molecule has 1 aliphatic heterocycles. The molecule has 7 nitrogen and oxygen atoms in total. The number of aromatic amines is 1. The van der Waals surface area contributed by atoms with E-state index in [1.165, 1.54) is 6.92 Å². The van der Waals surface area contributed by atoms with Crippen LogP contribution >= 0.6 is 0 Å². The molecule has 1 fully saturated rings. The zero-order chi connectivity index (χ0) is 18.7. The molecule has 2 aromatic heterocycles. The molecule has 3 heterocycles. The molecule has 1 amide bonds. The summed E-state index contributed by atoms with van der Waals surface area (Å²) in [7, 11) is 0. The molecule has 0 spiro atoms. The number of Topliss-reactive ketones (excluding diaryl/α,β-unsaturated/α-hetero) is 1. The highest BCUT2D eigenvalue weighted by Crippen LogP contribution is 2.18. The lowest BCUT2D eigenvalue weighted by molar-refractivity contribution is 0.0945. The van der Waals surface area contributed by atoms with Crippen molar-refractivity contribution in [2.75, 3.05) is 31.2 Å². The summed E-state index contributed by atoms with van der Waals surface area (Å²) < 4.78 is 5.35. The molecular weight excluding hydrogens is 332 g/mol. The van der Waals surface area contributed by atoms with E-state index in [0.29, 0.717) is 23.4 Å². The monoisotopic (exact) mass is 356 g/mol. The molecule has 3 rings (SSSR count). The van der Waals surface area contributed by atoms with E-state index in [4.69, 9.17) is 4.74 Å². The molecule has 1 aliphatic rings. The van der Waals surface area contributed by atoms with Crippen LogP contribution in [-0.2, 0) is 11.3 Å². The molecule has 0 radical (unpaired) electrons. The fraction of sp³-hybridized carbons (Fsp3) is 0.421. The minimum atomic E-state index is -0.227. The van der Waals surface area contributed by atoms with Gasteiger partial charge >= 0.3 is 0 Å². The molecule has 2 N–H and O–H groups in total. The van der Waals surface area contributed by atoms with Gasteiger partial charge in [-0.25, -0.2) is 4.98 Å². The molecule has 0 aromatic carbocycles. The number of hydrogen-bond donors (Lipinski definition) is 2. The first-order valence-electron chi connectivity index (χ1n) is 8.73. The largest absolute Gasteiger partial charge is 0.378 e. The van der Waals surface area contributed by atoms with Gasteiger partial charge in [0.2, 0.25) is 0 Å². The van der Waals surface area contributed by atoms with Crippen LogP contribution in [0.25, 0.3) is 0 Å². The number of rotatable bonds is 5. The third-order valence-electron chi connectivity index (χ3n) is 4.61. The highest BCUT2D eigenvalue weighted by atomic mass is 16.5. The van der Waals surface area contributed by atoms with Crippen molar-refractivity contribution in [1.29, 1.82) is 0 Å². The van der Waals surface area contributed by atoms with Gasteiger partial charge in [-0.15, -0.1) is 0 Å². The van der Waals surface area contributed by atoms with E-state index < -0.39 is 0 Å². The number of hydrogen-bond acceptors (Lipinski definition) is 5. The number of H-pyrrole nitrogens is 1. The van der Waals surface area contributed by atoms with Gasteiger partial charge in [0.1, 0.15) is 11.5 Å². The van der Waals surface area contributed by atoms with Gasteiger partial charge in [-0.1, -0.05) is 6.07 Å². The predicted octanol–water partition coefficient (Wildman–Crippen LogP) is 2.00. The summed E-state index contributed by atoms with van der Waals surface area (Å²) in [6.07, 6.45) is 1.78. The van der Waals surface area contributed by atoms with Crippen LogP contribution in [0.3, 0.4) is 0 Å². The molecule has 2 aromatic rings. The number of carbonyl (C=O) groups excluding carboxylic acids is 2. The molecule has 0 atom stereocenters. The van der Waals surface area contributed by atoms with Crippen molar-refractivity contribution in [3.8, 4) is 0 Å². The molecule has 1 saturated heterocycles. The van der Waals surface area contributed by atoms with Crippen LogP contribution in [0.2, 0.25) is 0 Å². The van der Waals surface area contributed by atoms with Crippen molar-refractivity contribution in [2.24, 2.45) is 0 Å². The maximum absolute atomic E-state index is 12.4. The molecule has 0 bridgehead atoms. The summed E-state index contributed by atoms with van der Waals surface area (Å²) in [4.78, 5) is 33.8. The zero-order valence-electron chi connectivity index (χ0n) is 15.4. The highest BCUT2D eigenvalue weighted by molar-refractivity contribution is 6.02. The second-order valence-corrected chi connectivity index (χ2v) is 6.49. The van der Waals surface area contributed by atoms with Gasteiger partial charge in [0.15, 0.2) is 5.78 Å². The van der Waals surface area contributed by atoms with Crippen LogP contribution in [0.5, 0.6) is 0 Å². The van der Waals surface area contributed by atoms with Crippen LogP contribution < -0.4 is 10.2 Å². The Morgan fingerprint density at radius 1 is 1.27 bits per heavy atom. The van der Waals surface area contributed by atoms with Gasteiger partial charge in [0.05, 0.1) is 13.2 Å². The molecule has 0 aliphatic carbocycles. The highest BCUT2D eigenvalue weighted by Gasteiger charge is 2.19. The van der Waals surface area contributed by atoms with Gasteiger partial charge in [0.25, 0.3) is 5.91 Å². The summed E-state index contributed by atoms with van der Waals surface area (Å²) in [6, 6.07) is 3.93. The lowest BCUT2D eigenvalue weighted by atomic mass is 10.1. The fourth-order valence-electron chi connectivity index (χ4n) is 3.28. The topological polar surface area (TPSA) is 87.3 Å². The van der Waals surface area contributed by atoms with Crippen LogP contribution in [0, 0.1) is 13.8 Å². The van der Waals surface area contributed by atoms with Gasteiger partial charge in [0, 0.05) is 37.1 Å². The van der Waals surface area contributed by atoms with Crippen LogP contribution in [0.1, 0.15) is 44.6 Å². The number of anilines is 1. The number of amides is 1. The van der Waals surface area contributed by atoms with E-state index >= 15 is 0 Å². The fourth-order valence-corrected chi connectivity index (χ4v) is 3.28. The minimum Gasteiger partial charge on any atom is -0.378 e. The number of aromatic nitrogens is 2. The SMILES string of the molecule is CC(=O)c1c(C)[nH]c(C(=O)NCc2ccc(N3CCOCC3)nc2)c1C. The number of aryl methyl sites for hydroxylation is 1. The maximum atomic E-state index is 12.4. The Hall–Kier alpha value is -2.67. The summed E-state index contributed by atoms with van der Waals surface area (Å²) in [5, 5.41) is 2.88. The molecular formula is C19H24N4O3. The van der Waals surface area contributed by atoms with E-state index in [-0.39, 0.29) is 11.7 Å². The number of nitrogens with zero attached hydrogens (tertiary/aromatic N) is 2. The van der Waals surface area contributed by atoms with Gasteiger partial charge in [-0.3, -0.25) is 9.59 Å². The second kappa shape index (κ2) is 7.70. The van der Waals surface area contributed by atoms with E-state index in [1.807, 2.05) is 12.1 Å². The lowest BCUT2D eigenvalue weighted by Crippen LogP contribution is -2.36. The summed E-state index contributed by atoms with van der Waals surface area (Å²) in [5.74, 6) is 0.652. The lowest BCUT2D eigenvalue weighted by Gasteiger charge is -2.27. The Morgan fingerprint density at radius 3 is 2.58 bits per heavy atom. The third-order valence-corrected chi connectivity index (χ3v) is 4.61. The van der Waals surface area contributed by atoms with E-state index in [1.54, 1.807) is 20.0 Å². The average Bonchev–Trinajstić information content (AvgIpc) is 2.95. The van der Waals surface area contributed by atoms with Crippen LogP contribution in [0.15, 0.2) is 18.3 Å². The number of ether oxygens (including phenoxy) is 1. The Balaban J connectivity index is 1.63. The van der Waals surface area contributed by atoms with E-state index in [0.717, 1.165) is 43.4 Å². The van der Waals surface area contributed by atoms with Crippen molar-refractivity contribution >= 4 is 17.5 Å². The van der Waals surface area contributed by atoms with Crippen molar-refractivity contribution in [3.63, 3.8) is 0 Å². The first-order valence-corrected chi connectivity index (χ1v) is 8.73. The maximum Gasteiger partial charge on any atom is 0.268 e. The van der Waals surface area contributed by atoms with Crippen molar-refractivity contribution < 1.29 is 14.3 Å². The third kappa shape index (κ3) is 3.77. The standard InChI is InChI=1S/C19H24N4O3/c1-12-17(14(3)24)13(2)22-18(12)19(25)21-11-15-4-5-16(20-10-15)23-6-8-26-9-7-23/h4-5,10,22H,6-9,11H2,1-3H3,(H,21,25). The molecule has 138 valence electrons. The number of pyridine rings is 1. The Kier molecular flexibility index (Phi) is 5.37. The van der Waals surface area contributed by atoms with E-state index in [2.05, 4.69) is 20.2 Å². The van der Waals surface area contributed by atoms with Crippen LogP contribution in [0.4, 0.5) is 5.82 Å². The van der Waals surface area contributed by atoms with Crippen molar-refractivity contribution in [1.82, 2.24) is 15.3 Å². The van der Waals surface area contributed by atoms with Crippen molar-refractivity contribution in [2.45, 2.75) is 27.3 Å². The predicted molar refractivity (Wildman–Crippen MR) is 98.7 cm³/mol. The minimum absolute atomic E-state index is 0.0433. The smallest absolute Gasteiger partial charge is 0.268 e. The molecule has 26 heavy (non-hydrogen) atoms. The summed E-state index contributed by atoms with van der Waals surface area (Å²) >= 11 is 0. The number of carbonyl (C=O) groups is 2. The van der Waals surface area contributed by atoms with Gasteiger partial charge in [-0.05, 0) is 38.0 Å². The number of ketones is 1. The Labute approximate surface area is 152 Å². The number of morpholine rings is 1. The second-order valence-electron chi connectivity index (χ2n) is 6.49.